The van der Waals surface area contributed by atoms with Crippen molar-refractivity contribution in [2.24, 2.45) is 5.92 Å². The highest BCUT2D eigenvalue weighted by Gasteiger charge is 2.46. The van der Waals surface area contributed by atoms with Gasteiger partial charge in [-0.05, 0) is 29.5 Å². The van der Waals surface area contributed by atoms with Crippen LogP contribution < -0.4 is 0 Å². The molecule has 0 aromatic heterocycles. The molecule has 0 aliphatic carbocycles. The summed E-state index contributed by atoms with van der Waals surface area (Å²) < 4.78 is 65.5. The average molecular weight is 462 g/mol. The molecule has 0 N–H and O–H groups in total. The number of rotatable bonds is 9. The first-order valence-electron chi connectivity index (χ1n) is 11.4. The largest absolute Gasteiger partial charge is 0.412 e. The molecule has 2 nitrogen and oxygen atoms in total. The third-order valence-corrected chi connectivity index (χ3v) is 13.1. The van der Waals surface area contributed by atoms with Crippen molar-refractivity contribution in [3.8, 4) is 0 Å². The van der Waals surface area contributed by atoms with E-state index < -0.39 is 38.0 Å². The van der Waals surface area contributed by atoms with Crippen molar-refractivity contribution in [3.63, 3.8) is 0 Å². The van der Waals surface area contributed by atoms with Crippen LogP contribution in [-0.2, 0) is 11.0 Å². The molecule has 1 aliphatic heterocycles. The minimum absolute atomic E-state index is 0.0123. The van der Waals surface area contributed by atoms with Gasteiger partial charge < -0.3 is 4.43 Å². The van der Waals surface area contributed by atoms with E-state index in [1.807, 2.05) is 13.8 Å². The third-order valence-electron chi connectivity index (χ3n) is 7.04. The fourth-order valence-electron chi connectivity index (χ4n) is 5.62. The van der Waals surface area contributed by atoms with Crippen LogP contribution in [0.2, 0.25) is 16.6 Å². The number of nitrogens with zero attached hydrogens (tertiary/aromatic N) is 1. The second-order valence-electron chi connectivity index (χ2n) is 10.3. The van der Waals surface area contributed by atoms with Crippen LogP contribution >= 0.6 is 0 Å². The standard InChI is InChI=1S/C24H39F4NOSi/c1-13(2)24(29-10-18(25)11-29)20-19(21(26)17(9)22(27)23(20)28)12-30-31(14(3)4,15(5)6)16(7)8/h13-16,18,24H,10-12H2,1-9H3. The van der Waals surface area contributed by atoms with Crippen molar-refractivity contribution in [2.45, 2.75) is 97.8 Å². The number of likely N-dealkylation sites (tertiary alicyclic amines) is 1. The Labute approximate surface area is 186 Å². The van der Waals surface area contributed by atoms with Crippen molar-refractivity contribution in [3.05, 3.63) is 34.1 Å². The molecule has 1 fully saturated rings. The summed E-state index contributed by atoms with van der Waals surface area (Å²) in [4.78, 5) is 1.77. The second kappa shape index (κ2) is 9.92. The molecule has 0 radical (unpaired) electrons. The summed E-state index contributed by atoms with van der Waals surface area (Å²) in [6.07, 6.45) is -0.993. The summed E-state index contributed by atoms with van der Waals surface area (Å²) in [6.45, 7) is 17.9. The van der Waals surface area contributed by atoms with Crippen LogP contribution in [0.15, 0.2) is 0 Å². The van der Waals surface area contributed by atoms with Crippen LogP contribution in [0.5, 0.6) is 0 Å². The van der Waals surface area contributed by atoms with E-state index in [1.165, 1.54) is 6.92 Å². The quantitative estimate of drug-likeness (QED) is 0.215. The first-order chi connectivity index (χ1) is 14.3. The van der Waals surface area contributed by atoms with Crippen molar-refractivity contribution < 1.29 is 22.0 Å². The van der Waals surface area contributed by atoms with Crippen LogP contribution in [-0.4, -0.2) is 32.5 Å². The molecule has 1 heterocycles. The summed E-state index contributed by atoms with van der Waals surface area (Å²) in [5.41, 5.74) is 0.551. The van der Waals surface area contributed by atoms with Gasteiger partial charge in [0.1, 0.15) is 12.0 Å². The lowest BCUT2D eigenvalue weighted by molar-refractivity contribution is 0.00707. The zero-order valence-electron chi connectivity index (χ0n) is 20.5. The molecule has 0 amide bonds. The Kier molecular flexibility index (Phi) is 8.42. The van der Waals surface area contributed by atoms with E-state index in [-0.39, 0.29) is 58.9 Å². The normalized spacial score (nSPS) is 17.3. The molecule has 1 saturated heterocycles. The first-order valence-corrected chi connectivity index (χ1v) is 13.6. The molecule has 178 valence electrons. The lowest BCUT2D eigenvalue weighted by Crippen LogP contribution is -2.52. The van der Waals surface area contributed by atoms with E-state index in [9.17, 15) is 8.78 Å². The average Bonchev–Trinajstić information content (AvgIpc) is 2.63. The Bertz CT molecular complexity index is 754. The molecule has 1 aromatic carbocycles. The lowest BCUT2D eigenvalue weighted by atomic mass is 9.87. The van der Waals surface area contributed by atoms with Crippen LogP contribution in [0.4, 0.5) is 17.6 Å². The highest BCUT2D eigenvalue weighted by molar-refractivity contribution is 6.77. The summed E-state index contributed by atoms with van der Waals surface area (Å²) in [5.74, 6) is -3.11. The molecule has 2 rings (SSSR count). The van der Waals surface area contributed by atoms with Gasteiger partial charge in [0.25, 0.3) is 0 Å². The first kappa shape index (κ1) is 26.3. The number of halogens is 4. The molecule has 1 aliphatic rings. The fraction of sp³-hybridized carbons (Fsp3) is 0.750. The minimum atomic E-state index is -2.36. The van der Waals surface area contributed by atoms with Gasteiger partial charge in [-0.15, -0.1) is 0 Å². The van der Waals surface area contributed by atoms with Crippen LogP contribution in [0.25, 0.3) is 0 Å². The van der Waals surface area contributed by atoms with E-state index in [2.05, 4.69) is 41.5 Å². The Morgan fingerprint density at radius 3 is 1.74 bits per heavy atom. The van der Waals surface area contributed by atoms with Gasteiger partial charge in [0.15, 0.2) is 11.6 Å². The van der Waals surface area contributed by atoms with Crippen LogP contribution in [0.1, 0.15) is 78.1 Å². The predicted octanol–water partition coefficient (Wildman–Crippen LogP) is 7.46. The van der Waals surface area contributed by atoms with E-state index in [4.69, 9.17) is 4.43 Å². The Morgan fingerprint density at radius 1 is 0.871 bits per heavy atom. The van der Waals surface area contributed by atoms with E-state index in [0.717, 1.165) is 0 Å². The number of benzene rings is 1. The zero-order valence-corrected chi connectivity index (χ0v) is 21.5. The number of hydrogen-bond acceptors (Lipinski definition) is 2. The second-order valence-corrected chi connectivity index (χ2v) is 15.8. The molecule has 1 aromatic rings. The summed E-state index contributed by atoms with van der Waals surface area (Å²) in [6, 6.07) is -0.608. The molecule has 0 spiro atoms. The molecule has 31 heavy (non-hydrogen) atoms. The van der Waals surface area contributed by atoms with Gasteiger partial charge in [-0.25, -0.2) is 17.6 Å². The topological polar surface area (TPSA) is 12.5 Å². The number of alkyl halides is 1. The zero-order chi connectivity index (χ0) is 23.8. The smallest absolute Gasteiger partial charge is 0.200 e. The number of hydrogen-bond donors (Lipinski definition) is 0. The molecular formula is C24H39F4NOSi. The molecule has 0 bridgehead atoms. The SMILES string of the molecule is Cc1c(F)c(F)c(C(C(C)C)N2CC(F)C2)c(CO[Si](C(C)C)(C(C)C)C(C)C)c1F. The lowest BCUT2D eigenvalue weighted by Gasteiger charge is -2.44. The van der Waals surface area contributed by atoms with Gasteiger partial charge in [-0.1, -0.05) is 55.4 Å². The molecule has 7 heteroatoms. The van der Waals surface area contributed by atoms with Crippen LogP contribution in [0, 0.1) is 30.3 Å². The Morgan fingerprint density at radius 2 is 1.35 bits per heavy atom. The summed E-state index contributed by atoms with van der Waals surface area (Å²) in [7, 11) is -2.36. The monoisotopic (exact) mass is 461 g/mol. The molecule has 0 saturated carbocycles. The van der Waals surface area contributed by atoms with Gasteiger partial charge in [0.05, 0.1) is 6.61 Å². The van der Waals surface area contributed by atoms with Gasteiger partial charge in [-0.3, -0.25) is 4.90 Å². The van der Waals surface area contributed by atoms with Gasteiger partial charge in [-0.2, -0.15) is 0 Å². The Hall–Kier alpha value is -0.923. The summed E-state index contributed by atoms with van der Waals surface area (Å²) >= 11 is 0. The van der Waals surface area contributed by atoms with Crippen molar-refractivity contribution in [1.29, 1.82) is 0 Å². The van der Waals surface area contributed by atoms with Crippen molar-refractivity contribution in [2.75, 3.05) is 13.1 Å². The maximum absolute atomic E-state index is 15.4. The van der Waals surface area contributed by atoms with E-state index in [0.29, 0.717) is 0 Å². The van der Waals surface area contributed by atoms with E-state index >= 15 is 8.78 Å². The molecular weight excluding hydrogens is 422 g/mol. The minimum Gasteiger partial charge on any atom is -0.412 e. The van der Waals surface area contributed by atoms with Crippen molar-refractivity contribution in [1.82, 2.24) is 4.90 Å². The maximum Gasteiger partial charge on any atom is 0.200 e. The van der Waals surface area contributed by atoms with Gasteiger partial charge in [0.2, 0.25) is 8.32 Å². The highest BCUT2D eigenvalue weighted by atomic mass is 28.4. The molecule has 1 atom stereocenters. The highest BCUT2D eigenvalue weighted by Crippen LogP contribution is 2.44. The third kappa shape index (κ3) is 4.74. The van der Waals surface area contributed by atoms with Crippen molar-refractivity contribution >= 4 is 8.32 Å². The predicted molar refractivity (Wildman–Crippen MR) is 121 cm³/mol. The van der Waals surface area contributed by atoms with Gasteiger partial charge >= 0.3 is 0 Å². The fourth-order valence-corrected chi connectivity index (χ4v) is 11.0. The Balaban J connectivity index is 2.61. The van der Waals surface area contributed by atoms with E-state index in [1.54, 1.807) is 4.90 Å². The van der Waals surface area contributed by atoms with Crippen LogP contribution in [0.3, 0.4) is 0 Å². The summed E-state index contributed by atoms with van der Waals surface area (Å²) in [5, 5.41) is 0. The maximum atomic E-state index is 15.4. The molecule has 1 unspecified atom stereocenters. The van der Waals surface area contributed by atoms with Gasteiger partial charge in [0, 0.05) is 35.8 Å².